The Bertz CT molecular complexity index is 1190. The summed E-state index contributed by atoms with van der Waals surface area (Å²) in [5, 5.41) is 10.5. The molecule has 2 aromatic carbocycles. The van der Waals surface area contributed by atoms with Crippen LogP contribution < -0.4 is 0 Å². The van der Waals surface area contributed by atoms with Crippen molar-refractivity contribution in [3.8, 4) is 0 Å². The molecule has 8 heteroatoms. The molecule has 3 aromatic rings. The molecule has 0 bridgehead atoms. The number of piperazine rings is 1. The molecule has 1 saturated heterocycles. The summed E-state index contributed by atoms with van der Waals surface area (Å²) in [5.41, 5.74) is 3.51. The highest BCUT2D eigenvalue weighted by Gasteiger charge is 2.21. The Morgan fingerprint density at radius 3 is 2.29 bits per heavy atom. The van der Waals surface area contributed by atoms with Gasteiger partial charge < -0.3 is 4.90 Å². The molecule has 0 spiro atoms. The van der Waals surface area contributed by atoms with Crippen LogP contribution in [-0.4, -0.2) is 63.7 Å². The molecule has 1 aliphatic heterocycles. The highest BCUT2D eigenvalue weighted by Crippen LogP contribution is 2.25. The number of rotatable bonds is 8. The van der Waals surface area contributed by atoms with Crippen molar-refractivity contribution in [2.45, 2.75) is 39.8 Å². The first-order valence-electron chi connectivity index (χ1n) is 12.3. The summed E-state index contributed by atoms with van der Waals surface area (Å²) in [6.07, 6.45) is 2.89. The molecule has 0 amide bonds. The van der Waals surface area contributed by atoms with E-state index in [-0.39, 0.29) is 5.92 Å². The zero-order valence-electron chi connectivity index (χ0n) is 21.1. The van der Waals surface area contributed by atoms with Crippen molar-refractivity contribution in [3.05, 3.63) is 80.8 Å². The monoisotopic (exact) mass is 510 g/mol. The number of aromatic nitrogens is 3. The van der Waals surface area contributed by atoms with E-state index in [1.165, 1.54) is 11.1 Å². The Hall–Kier alpha value is -2.32. The van der Waals surface area contributed by atoms with Crippen LogP contribution in [0.15, 0.2) is 53.6 Å². The zero-order valence-corrected chi connectivity index (χ0v) is 22.6. The first-order valence-corrected chi connectivity index (χ1v) is 13.1. The molecule has 0 N–H and O–H groups in total. The van der Waals surface area contributed by atoms with Crippen LogP contribution in [0.2, 0.25) is 5.02 Å². The normalized spacial score (nSPS) is 16.4. The van der Waals surface area contributed by atoms with Gasteiger partial charge in [0.15, 0.2) is 5.82 Å². The van der Waals surface area contributed by atoms with Gasteiger partial charge in [0.05, 0.1) is 12.9 Å². The lowest BCUT2D eigenvalue weighted by Gasteiger charge is -2.31. The van der Waals surface area contributed by atoms with Gasteiger partial charge >= 0.3 is 0 Å². The van der Waals surface area contributed by atoms with E-state index in [1.807, 2.05) is 39.8 Å². The molecule has 186 valence electrons. The van der Waals surface area contributed by atoms with E-state index in [4.69, 9.17) is 34.0 Å². The number of nitrogens with zero attached hydrogens (tertiary/aromatic N) is 6. The first kappa shape index (κ1) is 25.8. The average molecular weight is 511 g/mol. The summed E-state index contributed by atoms with van der Waals surface area (Å²) >= 11 is 11.9. The van der Waals surface area contributed by atoms with E-state index >= 15 is 0 Å². The third-order valence-corrected chi connectivity index (χ3v) is 7.11. The summed E-state index contributed by atoms with van der Waals surface area (Å²) in [6, 6.07) is 16.5. The summed E-state index contributed by atoms with van der Waals surface area (Å²) in [4.78, 5) is 4.74. The van der Waals surface area contributed by atoms with Gasteiger partial charge in [-0.2, -0.15) is 14.9 Å². The molecule has 2 heterocycles. The van der Waals surface area contributed by atoms with Crippen LogP contribution in [0.4, 0.5) is 0 Å². The lowest BCUT2D eigenvalue weighted by molar-refractivity contribution is 0.118. The number of benzene rings is 2. The molecule has 1 aromatic heterocycles. The first-order chi connectivity index (χ1) is 16.8. The lowest BCUT2D eigenvalue weighted by Crippen LogP contribution is -2.45. The molecule has 1 fully saturated rings. The van der Waals surface area contributed by atoms with E-state index in [1.54, 1.807) is 0 Å². The van der Waals surface area contributed by atoms with E-state index < -0.39 is 0 Å². The predicted octanol–water partition coefficient (Wildman–Crippen LogP) is 5.50. The molecule has 1 unspecified atom stereocenters. The highest BCUT2D eigenvalue weighted by molar-refractivity contribution is 7.71. The van der Waals surface area contributed by atoms with Crippen molar-refractivity contribution in [1.29, 1.82) is 0 Å². The molecule has 35 heavy (non-hydrogen) atoms. The maximum absolute atomic E-state index is 6.05. The summed E-state index contributed by atoms with van der Waals surface area (Å²) < 4.78 is 4.33. The van der Waals surface area contributed by atoms with Crippen LogP contribution in [0.3, 0.4) is 0 Å². The van der Waals surface area contributed by atoms with Gasteiger partial charge in [-0.1, -0.05) is 68.8 Å². The average Bonchev–Trinajstić information content (AvgIpc) is 3.15. The molecule has 0 aliphatic carbocycles. The number of hydrogen-bond donors (Lipinski definition) is 0. The Balaban J connectivity index is 1.65. The summed E-state index contributed by atoms with van der Waals surface area (Å²) in [5.74, 6) is 1.52. The van der Waals surface area contributed by atoms with Gasteiger partial charge in [0.25, 0.3) is 0 Å². The van der Waals surface area contributed by atoms with Gasteiger partial charge in [-0.15, -0.1) is 0 Å². The second kappa shape index (κ2) is 11.6. The van der Waals surface area contributed by atoms with Crippen LogP contribution >= 0.6 is 23.8 Å². The van der Waals surface area contributed by atoms with Crippen molar-refractivity contribution >= 4 is 30.0 Å². The molecule has 0 saturated carbocycles. The smallest absolute Gasteiger partial charge is 0.220 e. The van der Waals surface area contributed by atoms with Gasteiger partial charge in [0, 0.05) is 37.1 Å². The lowest BCUT2D eigenvalue weighted by atomic mass is 9.96. The second-order valence-corrected chi connectivity index (χ2v) is 10.7. The van der Waals surface area contributed by atoms with E-state index in [0.717, 1.165) is 44.0 Å². The molecule has 0 radical (unpaired) electrons. The molecular weight excluding hydrogens is 476 g/mol. The van der Waals surface area contributed by atoms with E-state index in [9.17, 15) is 0 Å². The van der Waals surface area contributed by atoms with Crippen molar-refractivity contribution in [1.82, 2.24) is 24.3 Å². The fraction of sp³-hybridized carbons (Fsp3) is 0.444. The van der Waals surface area contributed by atoms with Crippen LogP contribution in [-0.2, 0) is 13.1 Å². The topological polar surface area (TPSA) is 41.6 Å². The maximum Gasteiger partial charge on any atom is 0.220 e. The Kier molecular flexibility index (Phi) is 8.55. The highest BCUT2D eigenvalue weighted by atomic mass is 35.5. The summed E-state index contributed by atoms with van der Waals surface area (Å²) in [6.45, 7) is 11.4. The van der Waals surface area contributed by atoms with Crippen molar-refractivity contribution < 1.29 is 0 Å². The van der Waals surface area contributed by atoms with Crippen molar-refractivity contribution in [3.63, 3.8) is 0 Å². The second-order valence-electron chi connectivity index (χ2n) is 9.87. The molecule has 4 rings (SSSR count). The molecule has 1 atom stereocenters. The number of likely N-dealkylation sites (N-methyl/N-ethyl adjacent to an activating group) is 1. The minimum Gasteiger partial charge on any atom is -0.304 e. The number of hydrogen-bond acceptors (Lipinski definition) is 5. The molecule has 1 aliphatic rings. The van der Waals surface area contributed by atoms with Crippen molar-refractivity contribution in [2.24, 2.45) is 11.0 Å². The third kappa shape index (κ3) is 6.67. The van der Waals surface area contributed by atoms with Crippen LogP contribution in [0.25, 0.3) is 0 Å². The molecular formula is C27H35ClN6S. The predicted molar refractivity (Wildman–Crippen MR) is 147 cm³/mol. The van der Waals surface area contributed by atoms with Gasteiger partial charge in [-0.25, -0.2) is 4.68 Å². The Morgan fingerprint density at radius 1 is 1.00 bits per heavy atom. The quantitative estimate of drug-likeness (QED) is 0.296. The minimum atomic E-state index is 0.0425. The van der Waals surface area contributed by atoms with Crippen molar-refractivity contribution in [2.75, 3.05) is 33.2 Å². The maximum atomic E-state index is 6.05. The molecule has 6 nitrogen and oxygen atoms in total. The van der Waals surface area contributed by atoms with Crippen LogP contribution in [0.1, 0.15) is 49.2 Å². The fourth-order valence-corrected chi connectivity index (χ4v) is 4.67. The zero-order chi connectivity index (χ0) is 24.9. The fourth-order valence-electron chi connectivity index (χ4n) is 4.30. The number of halogens is 1. The Labute approximate surface area is 218 Å². The SMILES string of the molecule is CC(C)Cc1ccc(C(C)c2nn(CN3CCN(C)CC3)c(=S)n2/N=C/c2ccc(Cl)cc2)cc1. The largest absolute Gasteiger partial charge is 0.304 e. The Morgan fingerprint density at radius 2 is 1.66 bits per heavy atom. The summed E-state index contributed by atoms with van der Waals surface area (Å²) in [7, 11) is 2.16. The standard InChI is InChI=1S/C27H35ClN6S/c1-20(2)17-22-5-9-24(10-6-22)21(3)26-30-33(19-32-15-13-31(4)14-16-32)27(35)34(26)29-18-23-7-11-25(28)12-8-23/h5-12,18,20-21H,13-17,19H2,1-4H3/b29-18+. The van der Waals surface area contributed by atoms with E-state index in [2.05, 4.69) is 61.9 Å². The van der Waals surface area contributed by atoms with Crippen LogP contribution in [0, 0.1) is 10.7 Å². The van der Waals surface area contributed by atoms with Gasteiger partial charge in [0.1, 0.15) is 0 Å². The third-order valence-electron chi connectivity index (χ3n) is 6.48. The van der Waals surface area contributed by atoms with Gasteiger partial charge in [0.2, 0.25) is 4.77 Å². The van der Waals surface area contributed by atoms with E-state index in [0.29, 0.717) is 22.4 Å². The van der Waals surface area contributed by atoms with Gasteiger partial charge in [-0.3, -0.25) is 4.90 Å². The van der Waals surface area contributed by atoms with Crippen LogP contribution in [0.5, 0.6) is 0 Å². The minimum absolute atomic E-state index is 0.0425. The van der Waals surface area contributed by atoms with Gasteiger partial charge in [-0.05, 0) is 60.4 Å².